The third-order valence-corrected chi connectivity index (χ3v) is 4.02. The van der Waals surface area contributed by atoms with Gasteiger partial charge in [0.1, 0.15) is 0 Å². The van der Waals surface area contributed by atoms with Gasteiger partial charge in [-0.3, -0.25) is 5.84 Å². The molecule has 1 unspecified atom stereocenters. The zero-order valence-electron chi connectivity index (χ0n) is 9.63. The van der Waals surface area contributed by atoms with Gasteiger partial charge in [-0.1, -0.05) is 58.5 Å². The Labute approximate surface area is 131 Å². The molecule has 0 bridgehead atoms. The highest BCUT2D eigenvalue weighted by molar-refractivity contribution is 6.42. The third kappa shape index (κ3) is 3.34. The molecular formula is C13H10Cl4N2. The molecule has 0 heterocycles. The van der Waals surface area contributed by atoms with Crippen LogP contribution in [-0.4, -0.2) is 0 Å². The molecule has 0 spiro atoms. The molecule has 0 aliphatic carbocycles. The van der Waals surface area contributed by atoms with Gasteiger partial charge in [-0.2, -0.15) is 0 Å². The average molecular weight is 336 g/mol. The summed E-state index contributed by atoms with van der Waals surface area (Å²) in [7, 11) is 0. The molecular weight excluding hydrogens is 326 g/mol. The maximum atomic E-state index is 6.18. The van der Waals surface area contributed by atoms with E-state index in [1.165, 1.54) is 0 Å². The first-order valence-electron chi connectivity index (χ1n) is 5.39. The van der Waals surface area contributed by atoms with Crippen molar-refractivity contribution in [2.75, 3.05) is 0 Å². The predicted molar refractivity (Wildman–Crippen MR) is 82.1 cm³/mol. The van der Waals surface area contributed by atoms with Crippen LogP contribution in [0.15, 0.2) is 36.4 Å². The molecule has 19 heavy (non-hydrogen) atoms. The summed E-state index contributed by atoms with van der Waals surface area (Å²) in [4.78, 5) is 0. The molecule has 0 aliphatic heterocycles. The standard InChI is InChI=1S/C13H10Cl4N2/c14-8-2-3-9(11(16)6-8)13(19-18)7-1-4-10(15)12(17)5-7/h1-6,13,19H,18H2. The van der Waals surface area contributed by atoms with Crippen molar-refractivity contribution in [1.82, 2.24) is 5.43 Å². The number of halogens is 4. The van der Waals surface area contributed by atoms with Crippen molar-refractivity contribution in [3.63, 3.8) is 0 Å². The quantitative estimate of drug-likeness (QED) is 0.621. The molecule has 0 fully saturated rings. The smallest absolute Gasteiger partial charge is 0.0725 e. The van der Waals surface area contributed by atoms with Crippen LogP contribution in [0.1, 0.15) is 17.2 Å². The Kier molecular flexibility index (Phi) is 4.96. The average Bonchev–Trinajstić information content (AvgIpc) is 2.37. The zero-order valence-corrected chi connectivity index (χ0v) is 12.7. The summed E-state index contributed by atoms with van der Waals surface area (Å²) in [6, 6.07) is 10.2. The highest BCUT2D eigenvalue weighted by atomic mass is 35.5. The second-order valence-corrected chi connectivity index (χ2v) is 5.60. The van der Waals surface area contributed by atoms with Gasteiger partial charge in [0.05, 0.1) is 16.1 Å². The van der Waals surface area contributed by atoms with E-state index < -0.39 is 0 Å². The van der Waals surface area contributed by atoms with E-state index in [0.29, 0.717) is 20.1 Å². The van der Waals surface area contributed by atoms with E-state index in [4.69, 9.17) is 52.2 Å². The summed E-state index contributed by atoms with van der Waals surface area (Å²) in [5.41, 5.74) is 4.39. The summed E-state index contributed by atoms with van der Waals surface area (Å²) in [5, 5.41) is 2.05. The van der Waals surface area contributed by atoms with Gasteiger partial charge in [-0.25, -0.2) is 5.43 Å². The number of hydrogen-bond acceptors (Lipinski definition) is 2. The van der Waals surface area contributed by atoms with Crippen LogP contribution < -0.4 is 11.3 Å². The Balaban J connectivity index is 2.46. The number of nitrogens with one attached hydrogen (secondary N) is 1. The van der Waals surface area contributed by atoms with E-state index in [1.54, 1.807) is 24.3 Å². The molecule has 2 aromatic rings. The van der Waals surface area contributed by atoms with E-state index in [-0.39, 0.29) is 6.04 Å². The Hall–Kier alpha value is -0.480. The van der Waals surface area contributed by atoms with Crippen LogP contribution in [0.25, 0.3) is 0 Å². The lowest BCUT2D eigenvalue weighted by Gasteiger charge is -2.19. The van der Waals surface area contributed by atoms with Crippen LogP contribution in [0.3, 0.4) is 0 Å². The van der Waals surface area contributed by atoms with Crippen LogP contribution in [0, 0.1) is 0 Å². The van der Waals surface area contributed by atoms with Gasteiger partial charge in [0.2, 0.25) is 0 Å². The molecule has 2 rings (SSSR count). The highest BCUT2D eigenvalue weighted by Gasteiger charge is 2.16. The summed E-state index contributed by atoms with van der Waals surface area (Å²) in [6.07, 6.45) is 0. The number of hydrogen-bond donors (Lipinski definition) is 2. The Morgan fingerprint density at radius 2 is 1.58 bits per heavy atom. The van der Waals surface area contributed by atoms with Gasteiger partial charge in [-0.15, -0.1) is 0 Å². The third-order valence-electron chi connectivity index (χ3n) is 2.72. The van der Waals surface area contributed by atoms with Gasteiger partial charge < -0.3 is 0 Å². The van der Waals surface area contributed by atoms with Crippen molar-refractivity contribution in [2.24, 2.45) is 5.84 Å². The minimum atomic E-state index is -0.292. The van der Waals surface area contributed by atoms with Crippen LogP contribution >= 0.6 is 46.4 Å². The topological polar surface area (TPSA) is 38.0 Å². The first kappa shape index (κ1) is 14.9. The lowest BCUT2D eigenvalue weighted by atomic mass is 9.99. The monoisotopic (exact) mass is 334 g/mol. The van der Waals surface area contributed by atoms with Gasteiger partial charge in [0.15, 0.2) is 0 Å². The van der Waals surface area contributed by atoms with Crippen molar-refractivity contribution >= 4 is 46.4 Å². The maximum Gasteiger partial charge on any atom is 0.0725 e. The van der Waals surface area contributed by atoms with E-state index in [9.17, 15) is 0 Å². The summed E-state index contributed by atoms with van der Waals surface area (Å²) < 4.78 is 0. The van der Waals surface area contributed by atoms with E-state index in [2.05, 4.69) is 5.43 Å². The van der Waals surface area contributed by atoms with Gasteiger partial charge in [0.25, 0.3) is 0 Å². The van der Waals surface area contributed by atoms with Crippen molar-refractivity contribution in [3.05, 3.63) is 67.6 Å². The fraction of sp³-hybridized carbons (Fsp3) is 0.0769. The molecule has 0 radical (unpaired) electrons. The zero-order chi connectivity index (χ0) is 14.0. The molecule has 2 nitrogen and oxygen atoms in total. The molecule has 0 saturated carbocycles. The first-order valence-corrected chi connectivity index (χ1v) is 6.90. The van der Waals surface area contributed by atoms with E-state index in [1.807, 2.05) is 12.1 Å². The molecule has 1 atom stereocenters. The first-order chi connectivity index (χ1) is 9.02. The van der Waals surface area contributed by atoms with E-state index >= 15 is 0 Å². The number of rotatable bonds is 3. The van der Waals surface area contributed by atoms with Crippen LogP contribution in [0.4, 0.5) is 0 Å². The van der Waals surface area contributed by atoms with Crippen molar-refractivity contribution in [1.29, 1.82) is 0 Å². The Bertz CT molecular complexity index is 601. The molecule has 0 aromatic heterocycles. The number of benzene rings is 2. The van der Waals surface area contributed by atoms with Gasteiger partial charge >= 0.3 is 0 Å². The second-order valence-electron chi connectivity index (χ2n) is 3.94. The predicted octanol–water partition coefficient (Wildman–Crippen LogP) is 4.85. The largest absolute Gasteiger partial charge is 0.271 e. The van der Waals surface area contributed by atoms with Crippen molar-refractivity contribution < 1.29 is 0 Å². The Morgan fingerprint density at radius 3 is 2.16 bits per heavy atom. The van der Waals surface area contributed by atoms with Crippen LogP contribution in [0.5, 0.6) is 0 Å². The fourth-order valence-electron chi connectivity index (χ4n) is 1.79. The minimum absolute atomic E-state index is 0.292. The Morgan fingerprint density at radius 1 is 0.842 bits per heavy atom. The molecule has 2 aromatic carbocycles. The maximum absolute atomic E-state index is 6.18. The van der Waals surface area contributed by atoms with Crippen molar-refractivity contribution in [2.45, 2.75) is 6.04 Å². The second kappa shape index (κ2) is 6.31. The van der Waals surface area contributed by atoms with Gasteiger partial charge in [0, 0.05) is 10.0 Å². The molecule has 0 saturated heterocycles. The summed E-state index contributed by atoms with van der Waals surface area (Å²) in [5.74, 6) is 5.61. The minimum Gasteiger partial charge on any atom is -0.271 e. The van der Waals surface area contributed by atoms with Gasteiger partial charge in [-0.05, 0) is 35.4 Å². The summed E-state index contributed by atoms with van der Waals surface area (Å²) >= 11 is 24.0. The number of nitrogens with two attached hydrogens (primary N) is 1. The SMILES string of the molecule is NNC(c1ccc(Cl)c(Cl)c1)c1ccc(Cl)cc1Cl. The lowest BCUT2D eigenvalue weighted by molar-refractivity contribution is 0.637. The highest BCUT2D eigenvalue weighted by Crippen LogP contribution is 2.32. The normalized spacial score (nSPS) is 12.5. The van der Waals surface area contributed by atoms with Crippen molar-refractivity contribution in [3.8, 4) is 0 Å². The number of hydrazine groups is 1. The lowest BCUT2D eigenvalue weighted by Crippen LogP contribution is -2.29. The van der Waals surface area contributed by atoms with E-state index in [0.717, 1.165) is 11.1 Å². The fourth-order valence-corrected chi connectivity index (χ4v) is 2.62. The molecule has 100 valence electrons. The molecule has 3 N–H and O–H groups in total. The molecule has 6 heteroatoms. The molecule has 0 amide bonds. The summed E-state index contributed by atoms with van der Waals surface area (Å²) in [6.45, 7) is 0. The van der Waals surface area contributed by atoms with Crippen LogP contribution in [-0.2, 0) is 0 Å². The van der Waals surface area contributed by atoms with Crippen LogP contribution in [0.2, 0.25) is 20.1 Å². The molecule has 0 aliphatic rings.